The maximum Gasteiger partial charge on any atom is 0.303 e. The Labute approximate surface area is 65.0 Å². The highest BCUT2D eigenvalue weighted by Crippen LogP contribution is 1.81. The van der Waals surface area contributed by atoms with Crippen molar-refractivity contribution in [3.8, 4) is 0 Å². The van der Waals surface area contributed by atoms with Gasteiger partial charge in [-0.15, -0.1) is 0 Å². The summed E-state index contributed by atoms with van der Waals surface area (Å²) in [5.41, 5.74) is 0. The molecule has 3 nitrogen and oxygen atoms in total. The number of carboxylic acid groups (broad SMARTS) is 1. The van der Waals surface area contributed by atoms with Crippen molar-refractivity contribution < 1.29 is 14.7 Å². The van der Waals surface area contributed by atoms with Crippen molar-refractivity contribution in [2.75, 3.05) is 0 Å². The van der Waals surface area contributed by atoms with E-state index in [-0.39, 0.29) is 11.7 Å². The Bertz CT molecular complexity index is 97.6. The Morgan fingerprint density at radius 3 is 1.50 bits per heavy atom. The van der Waals surface area contributed by atoms with Crippen LogP contribution in [-0.2, 0) is 9.59 Å². The fourth-order valence-corrected chi connectivity index (χ4v) is 0. The quantitative estimate of drug-likeness (QED) is 0.635. The van der Waals surface area contributed by atoms with Crippen molar-refractivity contribution in [3.05, 3.63) is 0 Å². The van der Waals surface area contributed by atoms with E-state index in [0.29, 0.717) is 6.42 Å². The minimum Gasteiger partial charge on any atom is -0.481 e. The van der Waals surface area contributed by atoms with Gasteiger partial charge >= 0.3 is 5.97 Å². The lowest BCUT2D eigenvalue weighted by Gasteiger charge is -1.71. The molecule has 10 heavy (non-hydrogen) atoms. The van der Waals surface area contributed by atoms with Gasteiger partial charge in [0.2, 0.25) is 5.24 Å². The van der Waals surface area contributed by atoms with Gasteiger partial charge in [0.1, 0.15) is 0 Å². The molecule has 0 aromatic rings. The molecule has 0 saturated heterocycles. The molecule has 0 saturated carbocycles. The van der Waals surface area contributed by atoms with Crippen LogP contribution in [-0.4, -0.2) is 16.3 Å². The number of halogens is 1. The molecular formula is C6H11ClO3. The van der Waals surface area contributed by atoms with Crippen LogP contribution in [0.4, 0.5) is 0 Å². The van der Waals surface area contributed by atoms with E-state index in [1.165, 1.54) is 0 Å². The highest BCUT2D eigenvalue weighted by Gasteiger charge is 1.81. The minimum absolute atomic E-state index is 0.222. The van der Waals surface area contributed by atoms with Gasteiger partial charge in [-0.1, -0.05) is 13.8 Å². The Balaban J connectivity index is 0. The van der Waals surface area contributed by atoms with Crippen molar-refractivity contribution >= 4 is 22.8 Å². The summed E-state index contributed by atoms with van der Waals surface area (Å²) in [5.74, 6) is -0.745. The highest BCUT2D eigenvalue weighted by atomic mass is 35.5. The lowest BCUT2D eigenvalue weighted by Crippen LogP contribution is -1.86. The normalized spacial score (nSPS) is 7.50. The largest absolute Gasteiger partial charge is 0.481 e. The smallest absolute Gasteiger partial charge is 0.303 e. The molecule has 1 N–H and O–H groups in total. The van der Waals surface area contributed by atoms with E-state index in [2.05, 4.69) is 0 Å². The van der Waals surface area contributed by atoms with E-state index >= 15 is 0 Å². The van der Waals surface area contributed by atoms with Gasteiger partial charge in [-0.05, 0) is 11.6 Å². The van der Waals surface area contributed by atoms with E-state index in [1.54, 1.807) is 13.8 Å². The number of aliphatic carboxylic acids is 1. The number of carbonyl (C=O) groups excluding carboxylic acids is 1. The second-order valence-electron chi connectivity index (χ2n) is 1.46. The van der Waals surface area contributed by atoms with Crippen LogP contribution in [0.1, 0.15) is 26.7 Å². The van der Waals surface area contributed by atoms with Crippen LogP contribution in [0.2, 0.25) is 0 Å². The molecule has 0 aromatic carbocycles. The zero-order valence-corrected chi connectivity index (χ0v) is 6.81. The molecule has 0 amide bonds. The average Bonchev–Trinajstić information content (AvgIpc) is 1.89. The Morgan fingerprint density at radius 2 is 1.50 bits per heavy atom. The van der Waals surface area contributed by atoms with Crippen molar-refractivity contribution in [1.29, 1.82) is 0 Å². The van der Waals surface area contributed by atoms with Gasteiger partial charge in [0, 0.05) is 12.8 Å². The minimum atomic E-state index is -0.745. The predicted octanol–water partition coefficient (Wildman–Crippen LogP) is 1.64. The molecule has 60 valence electrons. The van der Waals surface area contributed by atoms with Crippen LogP contribution in [0, 0.1) is 0 Å². The number of carboxylic acids is 1. The average molecular weight is 167 g/mol. The van der Waals surface area contributed by atoms with Crippen LogP contribution < -0.4 is 0 Å². The molecule has 4 heteroatoms. The third-order valence-electron chi connectivity index (χ3n) is 0.580. The zero-order valence-electron chi connectivity index (χ0n) is 6.06. The fraction of sp³-hybridized carbons (Fsp3) is 0.667. The van der Waals surface area contributed by atoms with Gasteiger partial charge in [0.05, 0.1) is 0 Å². The second-order valence-corrected chi connectivity index (χ2v) is 1.88. The van der Waals surface area contributed by atoms with E-state index in [1.807, 2.05) is 0 Å². The molecule has 0 aliphatic heterocycles. The molecule has 0 bridgehead atoms. The molecule has 0 heterocycles. The first-order valence-corrected chi connectivity index (χ1v) is 3.32. The fourth-order valence-electron chi connectivity index (χ4n) is 0. The lowest BCUT2D eigenvalue weighted by atomic mass is 10.5. The Kier molecular flexibility index (Phi) is 10.2. The number of hydrogen-bond acceptors (Lipinski definition) is 2. The topological polar surface area (TPSA) is 54.4 Å². The summed E-state index contributed by atoms with van der Waals surface area (Å²) in [5, 5.41) is 7.45. The van der Waals surface area contributed by atoms with Crippen LogP contribution in [0.5, 0.6) is 0 Å². The summed E-state index contributed by atoms with van der Waals surface area (Å²) in [6.07, 6.45) is 0.654. The lowest BCUT2D eigenvalue weighted by molar-refractivity contribution is -0.136. The summed E-state index contributed by atoms with van der Waals surface area (Å²) >= 11 is 4.82. The molecule has 0 atom stereocenters. The van der Waals surface area contributed by atoms with Gasteiger partial charge in [-0.3, -0.25) is 9.59 Å². The summed E-state index contributed by atoms with van der Waals surface area (Å²) in [6, 6.07) is 0. The van der Waals surface area contributed by atoms with E-state index < -0.39 is 5.97 Å². The molecule has 0 radical (unpaired) electrons. The highest BCUT2D eigenvalue weighted by molar-refractivity contribution is 6.63. The van der Waals surface area contributed by atoms with E-state index in [4.69, 9.17) is 16.7 Å². The molecule has 0 aliphatic carbocycles. The summed E-state index contributed by atoms with van der Waals surface area (Å²) in [6.45, 7) is 3.32. The van der Waals surface area contributed by atoms with Crippen molar-refractivity contribution in [2.24, 2.45) is 0 Å². The Hall–Kier alpha value is -0.570. The maximum atomic E-state index is 9.58. The molecule has 0 rings (SSSR count). The van der Waals surface area contributed by atoms with Crippen molar-refractivity contribution in [3.63, 3.8) is 0 Å². The summed E-state index contributed by atoms with van der Waals surface area (Å²) in [4.78, 5) is 18.9. The number of hydrogen-bond donors (Lipinski definition) is 1. The van der Waals surface area contributed by atoms with Gasteiger partial charge in [0.15, 0.2) is 0 Å². The first kappa shape index (κ1) is 12.1. The van der Waals surface area contributed by atoms with Gasteiger partial charge in [-0.25, -0.2) is 0 Å². The standard InChI is InChI=1S/C3H5ClO.C3H6O2/c2*1-2-3(4)5/h2H2,1H3;2H2,1H3,(H,4,5). The predicted molar refractivity (Wildman–Crippen MR) is 39.1 cm³/mol. The monoisotopic (exact) mass is 166 g/mol. The molecule has 0 spiro atoms. The summed E-state index contributed by atoms with van der Waals surface area (Å²) < 4.78 is 0. The maximum absolute atomic E-state index is 9.58. The summed E-state index contributed by atoms with van der Waals surface area (Å²) in [7, 11) is 0. The SMILES string of the molecule is CCC(=O)Cl.CCC(=O)O. The number of rotatable bonds is 2. The molecule has 0 aliphatic rings. The van der Waals surface area contributed by atoms with E-state index in [0.717, 1.165) is 0 Å². The van der Waals surface area contributed by atoms with Crippen molar-refractivity contribution in [2.45, 2.75) is 26.7 Å². The first-order valence-electron chi connectivity index (χ1n) is 2.94. The van der Waals surface area contributed by atoms with Crippen molar-refractivity contribution in [1.82, 2.24) is 0 Å². The first-order chi connectivity index (χ1) is 4.54. The molecule has 0 aromatic heterocycles. The third kappa shape index (κ3) is 26.1. The van der Waals surface area contributed by atoms with Crippen LogP contribution in [0.15, 0.2) is 0 Å². The Morgan fingerprint density at radius 1 is 1.30 bits per heavy atom. The molecular weight excluding hydrogens is 156 g/mol. The zero-order chi connectivity index (χ0) is 8.57. The van der Waals surface area contributed by atoms with E-state index in [9.17, 15) is 9.59 Å². The van der Waals surface area contributed by atoms with Crippen LogP contribution in [0.25, 0.3) is 0 Å². The third-order valence-corrected chi connectivity index (χ3v) is 0.848. The van der Waals surface area contributed by atoms with Gasteiger partial charge in [0.25, 0.3) is 0 Å². The van der Waals surface area contributed by atoms with Gasteiger partial charge < -0.3 is 5.11 Å². The number of carbonyl (C=O) groups is 2. The molecule has 0 fully saturated rings. The van der Waals surface area contributed by atoms with Crippen LogP contribution >= 0.6 is 11.6 Å². The van der Waals surface area contributed by atoms with Gasteiger partial charge in [-0.2, -0.15) is 0 Å². The molecule has 0 unspecified atom stereocenters. The second kappa shape index (κ2) is 8.43. The van der Waals surface area contributed by atoms with Crippen LogP contribution in [0.3, 0.4) is 0 Å².